The Kier molecular flexibility index (Phi) is 4.74. The Labute approximate surface area is 146 Å². The largest absolute Gasteiger partial charge is 0.461 e. The van der Waals surface area contributed by atoms with Crippen LogP contribution < -0.4 is 5.56 Å². The predicted octanol–water partition coefficient (Wildman–Crippen LogP) is 3.51. The standard InChI is InChI=1S/C20H22N2O3/c1-4-21(13-16-8-6-5-7-9-16)19(23)15(3)22-11-10-18-17(20(22)24)12-14(2)25-18/h5-12,15H,4,13H2,1-3H3. The molecule has 25 heavy (non-hydrogen) atoms. The van der Waals surface area contributed by atoms with Crippen LogP contribution in [0.5, 0.6) is 0 Å². The molecule has 0 N–H and O–H groups in total. The molecule has 0 fully saturated rings. The van der Waals surface area contributed by atoms with Crippen LogP contribution in [0.25, 0.3) is 11.0 Å². The van der Waals surface area contributed by atoms with Crippen molar-refractivity contribution in [2.24, 2.45) is 0 Å². The highest BCUT2D eigenvalue weighted by molar-refractivity contribution is 5.81. The number of pyridine rings is 1. The Morgan fingerprint density at radius 2 is 1.96 bits per heavy atom. The Bertz CT molecular complexity index is 940. The minimum atomic E-state index is -0.573. The van der Waals surface area contributed by atoms with Crippen molar-refractivity contribution in [3.8, 4) is 0 Å². The molecule has 0 aliphatic heterocycles. The Morgan fingerprint density at radius 3 is 2.64 bits per heavy atom. The summed E-state index contributed by atoms with van der Waals surface area (Å²) in [5.74, 6) is 0.608. The van der Waals surface area contributed by atoms with Crippen LogP contribution in [-0.4, -0.2) is 21.9 Å². The molecule has 0 saturated heterocycles. The zero-order chi connectivity index (χ0) is 18.0. The molecule has 3 rings (SSSR count). The van der Waals surface area contributed by atoms with E-state index < -0.39 is 6.04 Å². The maximum absolute atomic E-state index is 12.9. The molecule has 0 radical (unpaired) electrons. The highest BCUT2D eigenvalue weighted by atomic mass is 16.3. The van der Waals surface area contributed by atoms with E-state index in [1.807, 2.05) is 37.3 Å². The fraction of sp³-hybridized carbons (Fsp3) is 0.300. The molecule has 0 aliphatic rings. The molecule has 0 bridgehead atoms. The normalized spacial score (nSPS) is 12.3. The van der Waals surface area contributed by atoms with Crippen LogP contribution in [0.3, 0.4) is 0 Å². The van der Waals surface area contributed by atoms with Crippen molar-refractivity contribution in [3.63, 3.8) is 0 Å². The first-order chi connectivity index (χ1) is 12.0. The number of rotatable bonds is 5. The summed E-state index contributed by atoms with van der Waals surface area (Å²) in [5.41, 5.74) is 1.42. The van der Waals surface area contributed by atoms with Gasteiger partial charge in [-0.15, -0.1) is 0 Å². The summed E-state index contributed by atoms with van der Waals surface area (Å²) in [4.78, 5) is 27.4. The first-order valence-electron chi connectivity index (χ1n) is 8.45. The van der Waals surface area contributed by atoms with Crippen molar-refractivity contribution in [1.29, 1.82) is 0 Å². The van der Waals surface area contributed by atoms with E-state index in [1.165, 1.54) is 4.57 Å². The molecule has 2 heterocycles. The number of likely N-dealkylation sites (N-methyl/N-ethyl adjacent to an activating group) is 1. The summed E-state index contributed by atoms with van der Waals surface area (Å²) in [7, 11) is 0. The van der Waals surface area contributed by atoms with E-state index in [1.54, 1.807) is 37.1 Å². The van der Waals surface area contributed by atoms with Gasteiger partial charge in [-0.25, -0.2) is 0 Å². The van der Waals surface area contributed by atoms with Gasteiger partial charge in [0.2, 0.25) is 5.91 Å². The molecule has 0 spiro atoms. The first kappa shape index (κ1) is 17.0. The van der Waals surface area contributed by atoms with Crippen LogP contribution in [0.2, 0.25) is 0 Å². The summed E-state index contributed by atoms with van der Waals surface area (Å²) in [6.45, 7) is 6.62. The number of nitrogens with zero attached hydrogens (tertiary/aromatic N) is 2. The fourth-order valence-corrected chi connectivity index (χ4v) is 3.02. The number of furan rings is 1. The molecular formula is C20H22N2O3. The van der Waals surface area contributed by atoms with Gasteiger partial charge in [-0.2, -0.15) is 0 Å². The van der Waals surface area contributed by atoms with Crippen LogP contribution in [0.1, 0.15) is 31.2 Å². The Balaban J connectivity index is 1.88. The zero-order valence-corrected chi connectivity index (χ0v) is 14.7. The maximum Gasteiger partial charge on any atom is 0.262 e. The first-order valence-corrected chi connectivity index (χ1v) is 8.45. The smallest absolute Gasteiger partial charge is 0.262 e. The highest BCUT2D eigenvalue weighted by Crippen LogP contribution is 2.17. The molecule has 1 aromatic carbocycles. The summed E-state index contributed by atoms with van der Waals surface area (Å²) < 4.78 is 6.96. The quantitative estimate of drug-likeness (QED) is 0.715. The van der Waals surface area contributed by atoms with Crippen molar-refractivity contribution in [1.82, 2.24) is 9.47 Å². The van der Waals surface area contributed by atoms with Crippen LogP contribution in [0.15, 0.2) is 57.9 Å². The third-order valence-electron chi connectivity index (χ3n) is 4.42. The van der Waals surface area contributed by atoms with Gasteiger partial charge in [0, 0.05) is 19.3 Å². The van der Waals surface area contributed by atoms with Gasteiger partial charge in [-0.05, 0) is 38.5 Å². The van der Waals surface area contributed by atoms with Crippen molar-refractivity contribution >= 4 is 16.9 Å². The van der Waals surface area contributed by atoms with Crippen molar-refractivity contribution in [2.45, 2.75) is 33.4 Å². The number of carbonyl (C=O) groups excluding carboxylic acids is 1. The number of aryl methyl sites for hydroxylation is 1. The second-order valence-corrected chi connectivity index (χ2v) is 6.18. The van der Waals surface area contributed by atoms with E-state index in [9.17, 15) is 9.59 Å². The fourth-order valence-electron chi connectivity index (χ4n) is 3.02. The van der Waals surface area contributed by atoms with Crippen molar-refractivity contribution in [2.75, 3.05) is 6.54 Å². The van der Waals surface area contributed by atoms with Gasteiger partial charge in [0.25, 0.3) is 5.56 Å². The van der Waals surface area contributed by atoms with Gasteiger partial charge >= 0.3 is 0 Å². The maximum atomic E-state index is 12.9. The zero-order valence-electron chi connectivity index (χ0n) is 14.7. The lowest BCUT2D eigenvalue weighted by molar-refractivity contribution is -0.134. The summed E-state index contributed by atoms with van der Waals surface area (Å²) in [6.07, 6.45) is 1.63. The van der Waals surface area contributed by atoms with E-state index in [4.69, 9.17) is 4.42 Å². The van der Waals surface area contributed by atoms with E-state index in [0.29, 0.717) is 29.8 Å². The average Bonchev–Trinajstić information content (AvgIpc) is 3.01. The second-order valence-electron chi connectivity index (χ2n) is 6.18. The molecule has 2 aromatic heterocycles. The average molecular weight is 338 g/mol. The topological polar surface area (TPSA) is 55.5 Å². The molecule has 130 valence electrons. The molecular weight excluding hydrogens is 316 g/mol. The summed E-state index contributed by atoms with van der Waals surface area (Å²) in [6, 6.07) is 12.7. The number of hydrogen-bond donors (Lipinski definition) is 0. The molecule has 1 unspecified atom stereocenters. The van der Waals surface area contributed by atoms with Gasteiger partial charge in [-0.3, -0.25) is 9.59 Å². The lowest BCUT2D eigenvalue weighted by Crippen LogP contribution is -2.38. The van der Waals surface area contributed by atoms with E-state index in [-0.39, 0.29) is 11.5 Å². The molecule has 0 aliphatic carbocycles. The molecule has 5 heteroatoms. The van der Waals surface area contributed by atoms with Crippen LogP contribution in [0.4, 0.5) is 0 Å². The number of hydrogen-bond acceptors (Lipinski definition) is 3. The summed E-state index contributed by atoms with van der Waals surface area (Å²) >= 11 is 0. The van der Waals surface area contributed by atoms with Crippen molar-refractivity contribution < 1.29 is 9.21 Å². The van der Waals surface area contributed by atoms with Gasteiger partial charge in [0.15, 0.2) is 0 Å². The van der Waals surface area contributed by atoms with E-state index in [2.05, 4.69) is 0 Å². The number of benzene rings is 1. The number of aromatic nitrogens is 1. The highest BCUT2D eigenvalue weighted by Gasteiger charge is 2.23. The number of carbonyl (C=O) groups is 1. The number of fused-ring (bicyclic) bond motifs is 1. The minimum Gasteiger partial charge on any atom is -0.461 e. The third-order valence-corrected chi connectivity index (χ3v) is 4.42. The predicted molar refractivity (Wildman–Crippen MR) is 97.5 cm³/mol. The van der Waals surface area contributed by atoms with E-state index >= 15 is 0 Å². The molecule has 1 atom stereocenters. The third kappa shape index (κ3) is 3.36. The van der Waals surface area contributed by atoms with Gasteiger partial charge in [0.1, 0.15) is 17.4 Å². The molecule has 3 aromatic rings. The number of amides is 1. The Hall–Kier alpha value is -2.82. The van der Waals surface area contributed by atoms with Crippen LogP contribution >= 0.6 is 0 Å². The monoisotopic (exact) mass is 338 g/mol. The minimum absolute atomic E-state index is 0.0759. The lowest BCUT2D eigenvalue weighted by Gasteiger charge is -2.25. The van der Waals surface area contributed by atoms with Crippen LogP contribution in [0, 0.1) is 6.92 Å². The molecule has 0 saturated carbocycles. The Morgan fingerprint density at radius 1 is 1.24 bits per heavy atom. The summed E-state index contributed by atoms with van der Waals surface area (Å²) in [5, 5.41) is 0.505. The van der Waals surface area contributed by atoms with Gasteiger partial charge < -0.3 is 13.9 Å². The second kappa shape index (κ2) is 6.97. The van der Waals surface area contributed by atoms with Gasteiger partial charge in [-0.1, -0.05) is 30.3 Å². The lowest BCUT2D eigenvalue weighted by atomic mass is 10.2. The van der Waals surface area contributed by atoms with Gasteiger partial charge in [0.05, 0.1) is 5.39 Å². The van der Waals surface area contributed by atoms with E-state index in [0.717, 1.165) is 5.56 Å². The van der Waals surface area contributed by atoms with Crippen LogP contribution in [-0.2, 0) is 11.3 Å². The SMILES string of the molecule is CCN(Cc1ccccc1)C(=O)C(C)n1ccc2oc(C)cc2c1=O. The molecule has 5 nitrogen and oxygen atoms in total. The van der Waals surface area contributed by atoms with Crippen molar-refractivity contribution in [3.05, 3.63) is 70.3 Å². The molecule has 1 amide bonds.